The summed E-state index contributed by atoms with van der Waals surface area (Å²) in [5.41, 5.74) is 0. The van der Waals surface area contributed by atoms with E-state index < -0.39 is 0 Å². The third-order valence-electron chi connectivity index (χ3n) is 3.57. The average Bonchev–Trinajstić information content (AvgIpc) is 2.64. The van der Waals surface area contributed by atoms with E-state index in [1.54, 1.807) is 0 Å². The van der Waals surface area contributed by atoms with E-state index in [9.17, 15) is 0 Å². The molecule has 1 saturated carbocycles. The van der Waals surface area contributed by atoms with Crippen molar-refractivity contribution in [2.45, 2.75) is 45.6 Å². The van der Waals surface area contributed by atoms with Gasteiger partial charge in [0.15, 0.2) is 4.77 Å². The molecule has 0 bridgehead atoms. The molecule has 0 radical (unpaired) electrons. The van der Waals surface area contributed by atoms with E-state index in [2.05, 4.69) is 28.6 Å². The van der Waals surface area contributed by atoms with Crippen molar-refractivity contribution in [2.24, 2.45) is 11.8 Å². The van der Waals surface area contributed by atoms with Crippen molar-refractivity contribution in [3.05, 3.63) is 11.1 Å². The molecule has 1 fully saturated rings. The molecule has 84 valence electrons. The molecule has 1 N–H and O–H groups in total. The van der Waals surface area contributed by atoms with Crippen LogP contribution in [0.4, 0.5) is 0 Å². The molecule has 2 unspecified atom stereocenters. The van der Waals surface area contributed by atoms with Gasteiger partial charge in [-0.2, -0.15) is 5.10 Å². The Kier molecular flexibility index (Phi) is 3.24. The van der Waals surface area contributed by atoms with Crippen LogP contribution in [0.5, 0.6) is 0 Å². The fourth-order valence-electron chi connectivity index (χ4n) is 2.76. The quantitative estimate of drug-likeness (QED) is 0.783. The Hall–Kier alpha value is -0.640. The summed E-state index contributed by atoms with van der Waals surface area (Å²) in [6, 6.07) is 0.560. The zero-order chi connectivity index (χ0) is 10.8. The molecule has 0 amide bonds. The Labute approximate surface area is 95.9 Å². The Morgan fingerprint density at radius 1 is 1.47 bits per heavy atom. The molecule has 0 aromatic carbocycles. The maximum Gasteiger partial charge on any atom is 0.195 e. The summed E-state index contributed by atoms with van der Waals surface area (Å²) in [6.45, 7) is 4.62. The smallest absolute Gasteiger partial charge is 0.195 e. The monoisotopic (exact) mass is 225 g/mol. The molecule has 15 heavy (non-hydrogen) atoms. The molecule has 2 rings (SSSR count). The van der Waals surface area contributed by atoms with Gasteiger partial charge in [-0.05, 0) is 36.9 Å². The minimum atomic E-state index is 0.560. The first-order valence-corrected chi connectivity index (χ1v) is 6.22. The Bertz CT molecular complexity index is 366. The molecule has 1 aromatic heterocycles. The van der Waals surface area contributed by atoms with Gasteiger partial charge < -0.3 is 4.57 Å². The van der Waals surface area contributed by atoms with Crippen molar-refractivity contribution < 1.29 is 0 Å². The van der Waals surface area contributed by atoms with Gasteiger partial charge in [-0.25, -0.2) is 0 Å². The minimum Gasteiger partial charge on any atom is -0.303 e. The summed E-state index contributed by atoms with van der Waals surface area (Å²) in [5, 5.41) is 6.88. The first-order chi connectivity index (χ1) is 7.20. The lowest BCUT2D eigenvalue weighted by atomic mass is 9.78. The number of hydrogen-bond donors (Lipinski definition) is 1. The lowest BCUT2D eigenvalue weighted by Crippen LogP contribution is -2.26. The molecule has 3 nitrogen and oxygen atoms in total. The van der Waals surface area contributed by atoms with E-state index in [0.717, 1.165) is 16.6 Å². The van der Waals surface area contributed by atoms with E-state index in [-0.39, 0.29) is 0 Å². The first kappa shape index (κ1) is 10.9. The molecule has 0 saturated heterocycles. The second-order valence-electron chi connectivity index (χ2n) is 4.83. The number of aromatic amines is 1. The molecule has 2 atom stereocenters. The van der Waals surface area contributed by atoms with Crippen LogP contribution in [0, 0.1) is 16.6 Å². The van der Waals surface area contributed by atoms with Crippen LogP contribution in [0.25, 0.3) is 0 Å². The summed E-state index contributed by atoms with van der Waals surface area (Å²) in [5.74, 6) is 1.48. The Morgan fingerprint density at radius 3 is 2.80 bits per heavy atom. The van der Waals surface area contributed by atoms with E-state index >= 15 is 0 Å². The van der Waals surface area contributed by atoms with Gasteiger partial charge in [0, 0.05) is 6.04 Å². The topological polar surface area (TPSA) is 33.6 Å². The maximum absolute atomic E-state index is 5.25. The highest BCUT2D eigenvalue weighted by Crippen LogP contribution is 2.38. The minimum absolute atomic E-state index is 0.560. The van der Waals surface area contributed by atoms with Crippen LogP contribution in [-0.4, -0.2) is 14.8 Å². The lowest BCUT2D eigenvalue weighted by molar-refractivity contribution is 0.182. The predicted molar refractivity (Wildman–Crippen MR) is 63.2 cm³/mol. The summed E-state index contributed by atoms with van der Waals surface area (Å²) in [6.07, 6.45) is 7.12. The van der Waals surface area contributed by atoms with Crippen LogP contribution in [0.3, 0.4) is 0 Å². The molecular weight excluding hydrogens is 206 g/mol. The van der Waals surface area contributed by atoms with Crippen LogP contribution in [-0.2, 0) is 0 Å². The second-order valence-corrected chi connectivity index (χ2v) is 5.22. The van der Waals surface area contributed by atoms with E-state index in [1.807, 2.05) is 6.33 Å². The van der Waals surface area contributed by atoms with Crippen molar-refractivity contribution in [3.8, 4) is 0 Å². The fourth-order valence-corrected chi connectivity index (χ4v) is 2.99. The third-order valence-corrected chi connectivity index (χ3v) is 3.87. The van der Waals surface area contributed by atoms with Gasteiger partial charge >= 0.3 is 0 Å². The van der Waals surface area contributed by atoms with Gasteiger partial charge in [0.1, 0.15) is 6.33 Å². The van der Waals surface area contributed by atoms with Crippen molar-refractivity contribution >= 4 is 12.2 Å². The average molecular weight is 225 g/mol. The molecule has 1 aromatic rings. The normalized spacial score (nSPS) is 27.1. The van der Waals surface area contributed by atoms with E-state index in [1.165, 1.54) is 25.7 Å². The van der Waals surface area contributed by atoms with Gasteiger partial charge in [-0.3, -0.25) is 5.10 Å². The van der Waals surface area contributed by atoms with Crippen LogP contribution >= 0.6 is 12.2 Å². The number of nitrogens with zero attached hydrogens (tertiary/aromatic N) is 2. The summed E-state index contributed by atoms with van der Waals surface area (Å²) in [4.78, 5) is 0. The zero-order valence-corrected chi connectivity index (χ0v) is 10.3. The van der Waals surface area contributed by atoms with Crippen LogP contribution in [0.15, 0.2) is 6.33 Å². The summed E-state index contributed by atoms with van der Waals surface area (Å²) < 4.78 is 2.92. The van der Waals surface area contributed by atoms with Crippen LogP contribution < -0.4 is 0 Å². The third kappa shape index (κ3) is 2.14. The van der Waals surface area contributed by atoms with Gasteiger partial charge in [0.05, 0.1) is 0 Å². The molecule has 4 heteroatoms. The number of hydrogen-bond acceptors (Lipinski definition) is 2. The van der Waals surface area contributed by atoms with Gasteiger partial charge in [-0.15, -0.1) is 0 Å². The standard InChI is InChI=1S/C11H19N3S/c1-8(2)9-5-3-4-6-10(9)14-7-12-13-11(14)15/h7-10H,3-6H2,1-2H3,(H,13,15). The number of H-pyrrole nitrogens is 1. The molecule has 0 aliphatic heterocycles. The van der Waals surface area contributed by atoms with Crippen LogP contribution in [0.2, 0.25) is 0 Å². The number of nitrogens with one attached hydrogen (secondary N) is 1. The van der Waals surface area contributed by atoms with Crippen molar-refractivity contribution in [1.29, 1.82) is 0 Å². The van der Waals surface area contributed by atoms with Crippen molar-refractivity contribution in [3.63, 3.8) is 0 Å². The fraction of sp³-hybridized carbons (Fsp3) is 0.818. The molecule has 1 heterocycles. The van der Waals surface area contributed by atoms with Crippen LogP contribution in [0.1, 0.15) is 45.6 Å². The number of aromatic nitrogens is 3. The summed E-state index contributed by atoms with van der Waals surface area (Å²) in [7, 11) is 0. The van der Waals surface area contributed by atoms with Crippen molar-refractivity contribution in [2.75, 3.05) is 0 Å². The largest absolute Gasteiger partial charge is 0.303 e. The van der Waals surface area contributed by atoms with Gasteiger partial charge in [0.2, 0.25) is 0 Å². The zero-order valence-electron chi connectivity index (χ0n) is 9.44. The van der Waals surface area contributed by atoms with Gasteiger partial charge in [-0.1, -0.05) is 26.7 Å². The first-order valence-electron chi connectivity index (χ1n) is 5.81. The molecule has 1 aliphatic carbocycles. The SMILES string of the molecule is CC(C)C1CCCCC1n1cn[nH]c1=S. The highest BCUT2D eigenvalue weighted by molar-refractivity contribution is 7.71. The van der Waals surface area contributed by atoms with E-state index in [0.29, 0.717) is 6.04 Å². The molecule has 0 spiro atoms. The number of rotatable bonds is 2. The highest BCUT2D eigenvalue weighted by Gasteiger charge is 2.29. The lowest BCUT2D eigenvalue weighted by Gasteiger charge is -2.34. The second kappa shape index (κ2) is 4.47. The van der Waals surface area contributed by atoms with Crippen molar-refractivity contribution in [1.82, 2.24) is 14.8 Å². The summed E-state index contributed by atoms with van der Waals surface area (Å²) >= 11 is 5.25. The molecule has 1 aliphatic rings. The Balaban J connectivity index is 2.25. The Morgan fingerprint density at radius 2 is 2.20 bits per heavy atom. The highest BCUT2D eigenvalue weighted by atomic mass is 32.1. The maximum atomic E-state index is 5.25. The predicted octanol–water partition coefficient (Wildman–Crippen LogP) is 3.33. The van der Waals surface area contributed by atoms with E-state index in [4.69, 9.17) is 12.2 Å². The van der Waals surface area contributed by atoms with Gasteiger partial charge in [0.25, 0.3) is 0 Å². The molecular formula is C11H19N3S.